The van der Waals surface area contributed by atoms with Gasteiger partial charge in [0.15, 0.2) is 5.75 Å². The van der Waals surface area contributed by atoms with Crippen LogP contribution in [0.4, 0.5) is 17.1 Å². The van der Waals surface area contributed by atoms with Crippen LogP contribution in [-0.4, -0.2) is 30.0 Å². The number of amides is 1. The zero-order valence-corrected chi connectivity index (χ0v) is 18.3. The smallest absolute Gasteiger partial charge is 0.257 e. The van der Waals surface area contributed by atoms with Crippen molar-refractivity contribution in [3.05, 3.63) is 102 Å². The van der Waals surface area contributed by atoms with Gasteiger partial charge in [-0.2, -0.15) is 0 Å². The summed E-state index contributed by atoms with van der Waals surface area (Å²) < 4.78 is 0. The highest BCUT2D eigenvalue weighted by atomic mass is 32.1. The van der Waals surface area contributed by atoms with Crippen LogP contribution in [0.3, 0.4) is 0 Å². The highest BCUT2D eigenvalue weighted by Crippen LogP contribution is 2.35. The standard InChI is InChI=1S/C24H21N3O4S/c1-27(2)24(31)15-10-6-11-16(21(15)28)25-19-20(23(30)22(19)29)26-18(17-12-7-13-32-17)14-8-4-3-5-9-14/h3-13,18,25-26,28H,1-2H3. The van der Waals surface area contributed by atoms with Crippen LogP contribution in [0.25, 0.3) is 0 Å². The molecule has 0 bridgehead atoms. The molecule has 1 heterocycles. The van der Waals surface area contributed by atoms with Gasteiger partial charge in [-0.3, -0.25) is 14.4 Å². The van der Waals surface area contributed by atoms with Gasteiger partial charge >= 0.3 is 0 Å². The van der Waals surface area contributed by atoms with E-state index < -0.39 is 10.9 Å². The third-order valence-corrected chi connectivity index (χ3v) is 6.03. The summed E-state index contributed by atoms with van der Waals surface area (Å²) in [4.78, 5) is 39.4. The third kappa shape index (κ3) is 3.88. The molecule has 4 rings (SSSR count). The number of aromatic hydroxyl groups is 1. The van der Waals surface area contributed by atoms with Crippen molar-refractivity contribution in [3.8, 4) is 5.75 Å². The van der Waals surface area contributed by atoms with E-state index >= 15 is 0 Å². The Bertz CT molecular complexity index is 1320. The minimum Gasteiger partial charge on any atom is -0.505 e. The van der Waals surface area contributed by atoms with Crippen LogP contribution in [0.2, 0.25) is 0 Å². The van der Waals surface area contributed by atoms with E-state index in [1.807, 2.05) is 47.8 Å². The second-order valence-electron chi connectivity index (χ2n) is 7.44. The number of benzene rings is 2. The van der Waals surface area contributed by atoms with Crippen molar-refractivity contribution in [1.29, 1.82) is 0 Å². The first-order chi connectivity index (χ1) is 15.4. The summed E-state index contributed by atoms with van der Waals surface area (Å²) >= 11 is 1.54. The largest absolute Gasteiger partial charge is 0.505 e. The number of hydrogen-bond donors (Lipinski definition) is 3. The molecule has 0 aliphatic carbocycles. The quantitative estimate of drug-likeness (QED) is 0.295. The Morgan fingerprint density at radius 2 is 1.66 bits per heavy atom. The number of nitrogens with zero attached hydrogens (tertiary/aromatic N) is 1. The molecule has 162 valence electrons. The van der Waals surface area contributed by atoms with Crippen LogP contribution in [0.5, 0.6) is 5.75 Å². The molecule has 3 aromatic carbocycles. The molecule has 0 saturated carbocycles. The summed E-state index contributed by atoms with van der Waals surface area (Å²) in [6.45, 7) is 0. The van der Waals surface area contributed by atoms with Crippen molar-refractivity contribution in [2.24, 2.45) is 0 Å². The lowest BCUT2D eigenvalue weighted by Gasteiger charge is -2.23. The lowest BCUT2D eigenvalue weighted by Crippen LogP contribution is -2.37. The second-order valence-corrected chi connectivity index (χ2v) is 8.42. The molecular formula is C24H21N3O4S. The minimum atomic E-state index is -0.686. The van der Waals surface area contributed by atoms with Crippen molar-refractivity contribution in [2.45, 2.75) is 6.04 Å². The highest BCUT2D eigenvalue weighted by molar-refractivity contribution is 7.10. The van der Waals surface area contributed by atoms with E-state index in [1.54, 1.807) is 20.2 Å². The van der Waals surface area contributed by atoms with Gasteiger partial charge in [0.25, 0.3) is 16.8 Å². The summed E-state index contributed by atoms with van der Waals surface area (Å²) in [5.41, 5.74) is 0.0713. The summed E-state index contributed by atoms with van der Waals surface area (Å²) in [5.74, 6) is -0.667. The number of carbonyl (C=O) groups excluding carboxylic acids is 1. The van der Waals surface area contributed by atoms with Gasteiger partial charge in [0.1, 0.15) is 11.4 Å². The molecule has 0 spiro atoms. The molecule has 0 aliphatic rings. The number of rotatable bonds is 7. The van der Waals surface area contributed by atoms with Crippen LogP contribution in [0.15, 0.2) is 75.6 Å². The first-order valence-corrected chi connectivity index (χ1v) is 10.7. The first kappa shape index (κ1) is 21.3. The molecule has 0 fully saturated rings. The van der Waals surface area contributed by atoms with E-state index in [0.29, 0.717) is 0 Å². The Balaban J connectivity index is 1.68. The van der Waals surface area contributed by atoms with Gasteiger partial charge in [0, 0.05) is 19.0 Å². The Hall–Kier alpha value is -3.91. The van der Waals surface area contributed by atoms with Crippen molar-refractivity contribution < 1.29 is 9.90 Å². The zero-order valence-electron chi connectivity index (χ0n) is 17.5. The molecule has 1 amide bonds. The summed E-state index contributed by atoms with van der Waals surface area (Å²) in [6, 6.07) is 17.8. The molecule has 0 radical (unpaired) electrons. The number of hydrogen-bond acceptors (Lipinski definition) is 7. The molecule has 0 aliphatic heterocycles. The van der Waals surface area contributed by atoms with Crippen LogP contribution in [0.1, 0.15) is 26.8 Å². The minimum absolute atomic E-state index is 0.0530. The molecule has 8 heteroatoms. The number of anilines is 3. The topological polar surface area (TPSA) is 98.7 Å². The van der Waals surface area contributed by atoms with Crippen LogP contribution in [-0.2, 0) is 0 Å². The van der Waals surface area contributed by atoms with E-state index in [9.17, 15) is 19.5 Å². The van der Waals surface area contributed by atoms with Gasteiger partial charge in [0.05, 0.1) is 17.3 Å². The Kier molecular flexibility index (Phi) is 5.79. The molecule has 1 unspecified atom stereocenters. The normalized spacial score (nSPS) is 11.8. The number of thiophene rings is 1. The summed E-state index contributed by atoms with van der Waals surface area (Å²) in [7, 11) is 3.16. The van der Waals surface area contributed by atoms with E-state index in [1.165, 1.54) is 28.4 Å². The van der Waals surface area contributed by atoms with E-state index in [2.05, 4.69) is 10.6 Å². The summed E-state index contributed by atoms with van der Waals surface area (Å²) in [5, 5.41) is 18.6. The molecule has 0 saturated heterocycles. The lowest BCUT2D eigenvalue weighted by atomic mass is 10.0. The summed E-state index contributed by atoms with van der Waals surface area (Å²) in [6.07, 6.45) is 0. The maximum Gasteiger partial charge on any atom is 0.257 e. The zero-order chi connectivity index (χ0) is 22.8. The number of nitrogens with one attached hydrogen (secondary N) is 2. The molecule has 3 N–H and O–H groups in total. The lowest BCUT2D eigenvalue weighted by molar-refractivity contribution is 0.0824. The maximum atomic E-state index is 12.4. The van der Waals surface area contributed by atoms with Crippen LogP contribution < -0.4 is 21.5 Å². The number of phenolic OH excluding ortho intramolecular Hbond substituents is 1. The van der Waals surface area contributed by atoms with Gasteiger partial charge in [-0.1, -0.05) is 42.5 Å². The fourth-order valence-corrected chi connectivity index (χ4v) is 4.21. The average molecular weight is 448 g/mol. The van der Waals surface area contributed by atoms with Gasteiger partial charge in [-0.05, 0) is 29.1 Å². The van der Waals surface area contributed by atoms with Crippen LogP contribution >= 0.6 is 11.3 Å². The Labute approximate surface area is 188 Å². The van der Waals surface area contributed by atoms with Crippen molar-refractivity contribution in [1.82, 2.24) is 4.90 Å². The average Bonchev–Trinajstić information content (AvgIpc) is 3.34. The monoisotopic (exact) mass is 447 g/mol. The number of carbonyl (C=O) groups is 1. The highest BCUT2D eigenvalue weighted by Gasteiger charge is 2.27. The van der Waals surface area contributed by atoms with Gasteiger partial charge < -0.3 is 20.6 Å². The fraction of sp³-hybridized carbons (Fsp3) is 0.125. The van der Waals surface area contributed by atoms with E-state index in [4.69, 9.17) is 0 Å². The van der Waals surface area contributed by atoms with Crippen molar-refractivity contribution in [3.63, 3.8) is 0 Å². The molecule has 1 aromatic heterocycles. The van der Waals surface area contributed by atoms with Crippen molar-refractivity contribution >= 4 is 34.3 Å². The molecule has 4 aromatic rings. The van der Waals surface area contributed by atoms with E-state index in [0.717, 1.165) is 10.4 Å². The van der Waals surface area contributed by atoms with Gasteiger partial charge in [0.2, 0.25) is 0 Å². The van der Waals surface area contributed by atoms with Crippen LogP contribution in [0, 0.1) is 0 Å². The number of phenols is 1. The second kappa shape index (κ2) is 8.68. The Morgan fingerprint density at radius 1 is 0.938 bits per heavy atom. The first-order valence-electron chi connectivity index (χ1n) is 9.87. The van der Waals surface area contributed by atoms with E-state index in [-0.39, 0.29) is 40.3 Å². The third-order valence-electron chi connectivity index (χ3n) is 5.09. The van der Waals surface area contributed by atoms with Gasteiger partial charge in [-0.15, -0.1) is 11.3 Å². The maximum absolute atomic E-state index is 12.4. The fourth-order valence-electron chi connectivity index (χ4n) is 3.41. The predicted octanol–water partition coefficient (Wildman–Crippen LogP) is 3.70. The Morgan fingerprint density at radius 3 is 2.31 bits per heavy atom. The number of para-hydroxylation sites is 1. The van der Waals surface area contributed by atoms with Crippen molar-refractivity contribution in [2.75, 3.05) is 24.7 Å². The molecule has 32 heavy (non-hydrogen) atoms. The molecule has 7 nitrogen and oxygen atoms in total. The molecular weight excluding hydrogens is 426 g/mol. The predicted molar refractivity (Wildman–Crippen MR) is 127 cm³/mol. The SMILES string of the molecule is CN(C)C(=O)c1cccc(Nc2c(NC(c3ccccc3)c3cccs3)c(=O)c2=O)c1O. The van der Waals surface area contributed by atoms with Gasteiger partial charge in [-0.25, -0.2) is 0 Å². The molecule has 1 atom stereocenters.